The van der Waals surface area contributed by atoms with Crippen molar-refractivity contribution in [3.8, 4) is 0 Å². The Kier molecular flexibility index (Phi) is 3.93. The number of aromatic nitrogens is 2. The van der Waals surface area contributed by atoms with Crippen molar-refractivity contribution in [2.45, 2.75) is 46.1 Å². The van der Waals surface area contributed by atoms with Gasteiger partial charge in [0.25, 0.3) is 0 Å². The van der Waals surface area contributed by atoms with Crippen molar-refractivity contribution in [2.75, 3.05) is 6.54 Å². The van der Waals surface area contributed by atoms with Gasteiger partial charge in [-0.3, -0.25) is 4.68 Å². The van der Waals surface area contributed by atoms with Gasteiger partial charge in [-0.05, 0) is 47.5 Å². The molecule has 17 heavy (non-hydrogen) atoms. The summed E-state index contributed by atoms with van der Waals surface area (Å²) >= 11 is 3.61. The third-order valence-electron chi connectivity index (χ3n) is 4.22. The van der Waals surface area contributed by atoms with Gasteiger partial charge in [0.1, 0.15) is 0 Å². The van der Waals surface area contributed by atoms with Crippen LogP contribution in [0.15, 0.2) is 4.47 Å². The Morgan fingerprint density at radius 1 is 1.47 bits per heavy atom. The smallest absolute Gasteiger partial charge is 0.0739 e. The lowest BCUT2D eigenvalue weighted by Crippen LogP contribution is -2.39. The van der Waals surface area contributed by atoms with Gasteiger partial charge in [0.05, 0.1) is 15.9 Å². The third kappa shape index (κ3) is 2.58. The summed E-state index contributed by atoms with van der Waals surface area (Å²) in [6.07, 6.45) is 5.49. The Balaban J connectivity index is 1.90. The maximum absolute atomic E-state index is 4.41. The summed E-state index contributed by atoms with van der Waals surface area (Å²) in [4.78, 5) is 0. The second kappa shape index (κ2) is 5.11. The maximum atomic E-state index is 4.41. The zero-order valence-corrected chi connectivity index (χ0v) is 12.6. The lowest BCUT2D eigenvalue weighted by atomic mass is 9.67. The Hall–Kier alpha value is -0.350. The van der Waals surface area contributed by atoms with E-state index in [0.29, 0.717) is 5.41 Å². The number of aryl methyl sites for hydroxylation is 2. The molecule has 1 aromatic heterocycles. The van der Waals surface area contributed by atoms with Crippen LogP contribution in [0.2, 0.25) is 0 Å². The number of hydrogen-bond acceptors (Lipinski definition) is 2. The van der Waals surface area contributed by atoms with E-state index in [0.717, 1.165) is 23.3 Å². The lowest BCUT2D eigenvalue weighted by Gasteiger charge is -2.41. The Bertz CT molecular complexity index is 388. The van der Waals surface area contributed by atoms with Crippen LogP contribution < -0.4 is 5.32 Å². The first kappa shape index (κ1) is 13.1. The number of nitrogens with one attached hydrogen (secondary N) is 1. The normalized spacial score (nSPS) is 18.1. The molecule has 4 heteroatoms. The molecule has 0 bridgehead atoms. The van der Waals surface area contributed by atoms with Crippen molar-refractivity contribution < 1.29 is 0 Å². The molecule has 1 heterocycles. The standard InChI is InChI=1S/C13H22BrN3/c1-4-13(6-5-7-13)9-15-8-11-12(14)10(2)16-17(11)3/h15H,4-9H2,1-3H3. The summed E-state index contributed by atoms with van der Waals surface area (Å²) in [6, 6.07) is 0. The van der Waals surface area contributed by atoms with E-state index in [2.05, 4.69) is 33.3 Å². The zero-order valence-electron chi connectivity index (χ0n) is 11.0. The molecule has 0 radical (unpaired) electrons. The summed E-state index contributed by atoms with van der Waals surface area (Å²) in [7, 11) is 2.01. The van der Waals surface area contributed by atoms with Crippen LogP contribution in [0.5, 0.6) is 0 Å². The molecular weight excluding hydrogens is 278 g/mol. The van der Waals surface area contributed by atoms with E-state index < -0.39 is 0 Å². The van der Waals surface area contributed by atoms with Crippen LogP contribution in [0.3, 0.4) is 0 Å². The molecular formula is C13H22BrN3. The average molecular weight is 300 g/mol. The quantitative estimate of drug-likeness (QED) is 0.905. The van der Waals surface area contributed by atoms with Crippen molar-refractivity contribution in [3.63, 3.8) is 0 Å². The van der Waals surface area contributed by atoms with Crippen LogP contribution in [-0.2, 0) is 13.6 Å². The van der Waals surface area contributed by atoms with E-state index in [-0.39, 0.29) is 0 Å². The SMILES string of the molecule is CCC1(CNCc2c(Br)c(C)nn2C)CCC1. The minimum absolute atomic E-state index is 0.583. The monoisotopic (exact) mass is 299 g/mol. The third-order valence-corrected chi connectivity index (χ3v) is 5.25. The second-order valence-corrected chi connectivity index (χ2v) is 6.07. The molecule has 0 aromatic carbocycles. The highest BCUT2D eigenvalue weighted by Crippen LogP contribution is 2.43. The summed E-state index contributed by atoms with van der Waals surface area (Å²) in [5.41, 5.74) is 2.89. The molecule has 0 aliphatic heterocycles. The van der Waals surface area contributed by atoms with E-state index in [1.54, 1.807) is 0 Å². The van der Waals surface area contributed by atoms with E-state index in [1.807, 2.05) is 18.7 Å². The summed E-state index contributed by atoms with van der Waals surface area (Å²) < 4.78 is 3.11. The van der Waals surface area contributed by atoms with Crippen molar-refractivity contribution in [3.05, 3.63) is 15.9 Å². The van der Waals surface area contributed by atoms with E-state index in [9.17, 15) is 0 Å². The summed E-state index contributed by atoms with van der Waals surface area (Å²) in [5.74, 6) is 0. The van der Waals surface area contributed by atoms with Crippen LogP contribution in [0, 0.1) is 12.3 Å². The van der Waals surface area contributed by atoms with Crippen molar-refractivity contribution in [1.82, 2.24) is 15.1 Å². The molecule has 1 aliphatic rings. The highest BCUT2D eigenvalue weighted by Gasteiger charge is 2.34. The van der Waals surface area contributed by atoms with Crippen molar-refractivity contribution in [2.24, 2.45) is 12.5 Å². The van der Waals surface area contributed by atoms with Crippen LogP contribution in [0.1, 0.15) is 44.0 Å². The topological polar surface area (TPSA) is 29.9 Å². The van der Waals surface area contributed by atoms with Gasteiger partial charge in [-0.15, -0.1) is 0 Å². The molecule has 0 saturated heterocycles. The Morgan fingerprint density at radius 2 is 2.18 bits per heavy atom. The van der Waals surface area contributed by atoms with Crippen LogP contribution in [0.4, 0.5) is 0 Å². The number of rotatable bonds is 5. The minimum atomic E-state index is 0.583. The van der Waals surface area contributed by atoms with Gasteiger partial charge in [0.2, 0.25) is 0 Å². The fourth-order valence-corrected chi connectivity index (χ4v) is 3.13. The zero-order chi connectivity index (χ0) is 12.5. The first-order valence-corrected chi connectivity index (χ1v) is 7.26. The summed E-state index contributed by atoms with van der Waals surface area (Å²) in [5, 5.41) is 8.01. The highest BCUT2D eigenvalue weighted by molar-refractivity contribution is 9.10. The van der Waals surface area contributed by atoms with E-state index in [1.165, 1.54) is 31.4 Å². The first-order valence-electron chi connectivity index (χ1n) is 6.47. The van der Waals surface area contributed by atoms with Crippen LogP contribution in [0.25, 0.3) is 0 Å². The molecule has 1 aliphatic carbocycles. The lowest BCUT2D eigenvalue weighted by molar-refractivity contribution is 0.123. The minimum Gasteiger partial charge on any atom is -0.311 e. The molecule has 96 valence electrons. The highest BCUT2D eigenvalue weighted by atomic mass is 79.9. The molecule has 3 nitrogen and oxygen atoms in total. The molecule has 0 atom stereocenters. The molecule has 0 spiro atoms. The van der Waals surface area contributed by atoms with Gasteiger partial charge in [-0.2, -0.15) is 5.10 Å². The fraction of sp³-hybridized carbons (Fsp3) is 0.769. The summed E-state index contributed by atoms with van der Waals surface area (Å²) in [6.45, 7) is 6.39. The average Bonchev–Trinajstić information content (AvgIpc) is 2.48. The molecule has 0 unspecified atom stereocenters. The number of hydrogen-bond donors (Lipinski definition) is 1. The van der Waals surface area contributed by atoms with Gasteiger partial charge in [-0.1, -0.05) is 13.3 Å². The van der Waals surface area contributed by atoms with E-state index in [4.69, 9.17) is 0 Å². The molecule has 0 amide bonds. The molecule has 2 rings (SSSR count). The Labute approximate surface area is 112 Å². The first-order chi connectivity index (χ1) is 8.08. The van der Waals surface area contributed by atoms with Crippen LogP contribution >= 0.6 is 15.9 Å². The maximum Gasteiger partial charge on any atom is 0.0739 e. The largest absolute Gasteiger partial charge is 0.311 e. The van der Waals surface area contributed by atoms with Gasteiger partial charge >= 0.3 is 0 Å². The van der Waals surface area contributed by atoms with Gasteiger partial charge in [-0.25, -0.2) is 0 Å². The van der Waals surface area contributed by atoms with Crippen molar-refractivity contribution in [1.29, 1.82) is 0 Å². The van der Waals surface area contributed by atoms with Crippen LogP contribution in [-0.4, -0.2) is 16.3 Å². The molecule has 1 aromatic rings. The van der Waals surface area contributed by atoms with Gasteiger partial charge in [0, 0.05) is 20.1 Å². The molecule has 1 saturated carbocycles. The van der Waals surface area contributed by atoms with Gasteiger partial charge in [0.15, 0.2) is 0 Å². The van der Waals surface area contributed by atoms with Gasteiger partial charge < -0.3 is 5.32 Å². The molecule has 1 fully saturated rings. The number of nitrogens with zero attached hydrogens (tertiary/aromatic N) is 2. The second-order valence-electron chi connectivity index (χ2n) is 5.28. The predicted octanol–water partition coefficient (Wildman–Crippen LogP) is 3.16. The van der Waals surface area contributed by atoms with E-state index >= 15 is 0 Å². The fourth-order valence-electron chi connectivity index (χ4n) is 2.65. The Morgan fingerprint density at radius 3 is 2.59 bits per heavy atom. The number of halogens is 1. The molecule has 1 N–H and O–H groups in total. The van der Waals surface area contributed by atoms with Crippen molar-refractivity contribution >= 4 is 15.9 Å². The predicted molar refractivity (Wildman–Crippen MR) is 73.9 cm³/mol.